The molecule has 0 spiro atoms. The van der Waals surface area contributed by atoms with Gasteiger partial charge < -0.3 is 4.42 Å². The Kier molecular flexibility index (Phi) is 3.02. The standard InChI is InChI=1S/C17H16N2O4/c1-10-6-3-4-7-11(10)19-14(12-8-5-9-22-12)13-15(23-19)17(21)18(2)16(13)20/h3-9,13-15H,1-2H3. The van der Waals surface area contributed by atoms with Crippen LogP contribution in [0.2, 0.25) is 0 Å². The first-order chi connectivity index (χ1) is 11.1. The first-order valence-electron chi connectivity index (χ1n) is 7.46. The largest absolute Gasteiger partial charge is 0.467 e. The number of amides is 2. The molecule has 1 aromatic heterocycles. The van der Waals surface area contributed by atoms with Gasteiger partial charge in [0, 0.05) is 7.05 Å². The van der Waals surface area contributed by atoms with E-state index in [0.717, 1.165) is 16.2 Å². The molecule has 0 bridgehead atoms. The molecule has 6 nitrogen and oxygen atoms in total. The van der Waals surface area contributed by atoms with Crippen molar-refractivity contribution in [2.24, 2.45) is 5.92 Å². The molecule has 2 fully saturated rings. The number of para-hydroxylation sites is 1. The number of benzene rings is 1. The minimum Gasteiger partial charge on any atom is -0.467 e. The van der Waals surface area contributed by atoms with Crippen LogP contribution in [0.15, 0.2) is 47.1 Å². The molecule has 0 aliphatic carbocycles. The van der Waals surface area contributed by atoms with Gasteiger partial charge in [0.2, 0.25) is 5.91 Å². The molecule has 3 atom stereocenters. The van der Waals surface area contributed by atoms with Crippen molar-refractivity contribution in [2.75, 3.05) is 12.1 Å². The molecule has 2 aliphatic rings. The number of anilines is 1. The third-order valence-electron chi connectivity index (χ3n) is 4.52. The zero-order valence-electron chi connectivity index (χ0n) is 12.8. The lowest BCUT2D eigenvalue weighted by Gasteiger charge is -2.27. The molecule has 1 aromatic carbocycles. The molecule has 23 heavy (non-hydrogen) atoms. The van der Waals surface area contributed by atoms with Crippen LogP contribution < -0.4 is 5.06 Å². The van der Waals surface area contributed by atoms with Crippen molar-refractivity contribution in [1.29, 1.82) is 0 Å². The van der Waals surface area contributed by atoms with Gasteiger partial charge in [-0.2, -0.15) is 0 Å². The molecule has 2 saturated heterocycles. The number of likely N-dealkylation sites (N-methyl/N-ethyl adjacent to an activating group) is 1. The van der Waals surface area contributed by atoms with E-state index < -0.39 is 18.1 Å². The van der Waals surface area contributed by atoms with E-state index in [-0.39, 0.29) is 11.8 Å². The zero-order chi connectivity index (χ0) is 16.1. The van der Waals surface area contributed by atoms with Crippen molar-refractivity contribution in [3.05, 3.63) is 54.0 Å². The summed E-state index contributed by atoms with van der Waals surface area (Å²) in [6, 6.07) is 10.8. The summed E-state index contributed by atoms with van der Waals surface area (Å²) < 4.78 is 5.53. The highest BCUT2D eigenvalue weighted by Gasteiger charge is 2.59. The third kappa shape index (κ3) is 1.91. The Labute approximate surface area is 133 Å². The van der Waals surface area contributed by atoms with Gasteiger partial charge in [0.1, 0.15) is 17.7 Å². The molecule has 2 amide bonds. The average Bonchev–Trinajstić information content (AvgIpc) is 3.23. The number of hydroxylamine groups is 1. The van der Waals surface area contributed by atoms with Crippen molar-refractivity contribution in [3.63, 3.8) is 0 Å². The number of hydrogen-bond donors (Lipinski definition) is 0. The van der Waals surface area contributed by atoms with Gasteiger partial charge in [0.25, 0.3) is 5.91 Å². The smallest absolute Gasteiger partial charge is 0.261 e. The van der Waals surface area contributed by atoms with Crippen LogP contribution >= 0.6 is 0 Å². The van der Waals surface area contributed by atoms with Crippen LogP contribution in [0.5, 0.6) is 0 Å². The number of aryl methyl sites for hydroxylation is 1. The van der Waals surface area contributed by atoms with Crippen molar-refractivity contribution in [3.8, 4) is 0 Å². The van der Waals surface area contributed by atoms with Crippen molar-refractivity contribution in [2.45, 2.75) is 19.1 Å². The summed E-state index contributed by atoms with van der Waals surface area (Å²) in [7, 11) is 1.49. The maximum absolute atomic E-state index is 12.5. The second kappa shape index (κ2) is 4.96. The molecule has 0 saturated carbocycles. The van der Waals surface area contributed by atoms with Crippen LogP contribution in [0, 0.1) is 12.8 Å². The lowest BCUT2D eigenvalue weighted by Crippen LogP contribution is -2.34. The van der Waals surface area contributed by atoms with Crippen LogP contribution in [-0.2, 0) is 14.4 Å². The number of rotatable bonds is 2. The van der Waals surface area contributed by atoms with Gasteiger partial charge in [-0.25, -0.2) is 5.06 Å². The summed E-state index contributed by atoms with van der Waals surface area (Å²) in [6.07, 6.45) is 0.756. The Morgan fingerprint density at radius 1 is 1.04 bits per heavy atom. The van der Waals surface area contributed by atoms with E-state index in [4.69, 9.17) is 9.25 Å². The predicted molar refractivity (Wildman–Crippen MR) is 81.2 cm³/mol. The van der Waals surface area contributed by atoms with Crippen molar-refractivity contribution < 1.29 is 18.8 Å². The molecular weight excluding hydrogens is 296 g/mol. The normalized spacial score (nSPS) is 27.0. The van der Waals surface area contributed by atoms with E-state index in [1.807, 2.05) is 31.2 Å². The number of fused-ring (bicyclic) bond motifs is 1. The van der Waals surface area contributed by atoms with E-state index in [0.29, 0.717) is 5.76 Å². The molecule has 3 unspecified atom stereocenters. The summed E-state index contributed by atoms with van der Waals surface area (Å²) >= 11 is 0. The predicted octanol–water partition coefficient (Wildman–Crippen LogP) is 2.06. The minimum atomic E-state index is -0.804. The lowest BCUT2D eigenvalue weighted by molar-refractivity contribution is -0.141. The molecule has 4 rings (SSSR count). The Balaban J connectivity index is 1.83. The zero-order valence-corrected chi connectivity index (χ0v) is 12.8. The van der Waals surface area contributed by atoms with Gasteiger partial charge in [-0.05, 0) is 30.7 Å². The van der Waals surface area contributed by atoms with Crippen LogP contribution in [0.3, 0.4) is 0 Å². The maximum Gasteiger partial charge on any atom is 0.261 e. The first kappa shape index (κ1) is 14.0. The number of imide groups is 1. The topological polar surface area (TPSA) is 63.0 Å². The van der Waals surface area contributed by atoms with E-state index >= 15 is 0 Å². The number of furan rings is 1. The molecule has 0 radical (unpaired) electrons. The third-order valence-corrected chi connectivity index (χ3v) is 4.52. The summed E-state index contributed by atoms with van der Waals surface area (Å²) in [5.74, 6) is -0.541. The molecular formula is C17H16N2O4. The Bertz CT molecular complexity index is 771. The number of carbonyl (C=O) groups excluding carboxylic acids is 2. The van der Waals surface area contributed by atoms with Crippen molar-refractivity contribution >= 4 is 17.5 Å². The van der Waals surface area contributed by atoms with Crippen LogP contribution in [0.1, 0.15) is 17.4 Å². The molecule has 2 aromatic rings. The summed E-state index contributed by atoms with van der Waals surface area (Å²) in [6.45, 7) is 1.96. The SMILES string of the molecule is Cc1ccccc1N1OC2C(=O)N(C)C(=O)C2C1c1ccco1. The quantitative estimate of drug-likeness (QED) is 0.794. The minimum absolute atomic E-state index is 0.238. The second-order valence-electron chi connectivity index (χ2n) is 5.86. The number of hydrogen-bond acceptors (Lipinski definition) is 5. The summed E-state index contributed by atoms with van der Waals surface area (Å²) in [5, 5.41) is 1.65. The molecule has 2 aliphatic heterocycles. The fourth-order valence-corrected chi connectivity index (χ4v) is 3.32. The van der Waals surface area contributed by atoms with Crippen LogP contribution in [-0.4, -0.2) is 29.9 Å². The summed E-state index contributed by atoms with van der Waals surface area (Å²) in [5.41, 5.74) is 1.82. The Morgan fingerprint density at radius 3 is 2.52 bits per heavy atom. The van der Waals surface area contributed by atoms with Crippen LogP contribution in [0.4, 0.5) is 5.69 Å². The van der Waals surface area contributed by atoms with Gasteiger partial charge in [0.15, 0.2) is 6.10 Å². The van der Waals surface area contributed by atoms with Gasteiger partial charge >= 0.3 is 0 Å². The van der Waals surface area contributed by atoms with E-state index in [9.17, 15) is 9.59 Å². The molecule has 0 N–H and O–H groups in total. The van der Waals surface area contributed by atoms with Crippen LogP contribution in [0.25, 0.3) is 0 Å². The highest BCUT2D eigenvalue weighted by molar-refractivity contribution is 6.07. The number of likely N-dealkylation sites (tertiary alicyclic amines) is 1. The molecule has 3 heterocycles. The maximum atomic E-state index is 12.5. The number of nitrogens with zero attached hydrogens (tertiary/aromatic N) is 2. The average molecular weight is 312 g/mol. The van der Waals surface area contributed by atoms with E-state index in [2.05, 4.69) is 0 Å². The van der Waals surface area contributed by atoms with Gasteiger partial charge in [-0.3, -0.25) is 19.3 Å². The Morgan fingerprint density at radius 2 is 1.83 bits per heavy atom. The molecule has 118 valence electrons. The number of carbonyl (C=O) groups is 2. The van der Waals surface area contributed by atoms with Gasteiger partial charge in [0.05, 0.1) is 12.0 Å². The highest BCUT2D eigenvalue weighted by atomic mass is 16.7. The fourth-order valence-electron chi connectivity index (χ4n) is 3.32. The van der Waals surface area contributed by atoms with Gasteiger partial charge in [-0.1, -0.05) is 18.2 Å². The van der Waals surface area contributed by atoms with Crippen molar-refractivity contribution in [1.82, 2.24) is 4.90 Å². The summed E-state index contributed by atoms with van der Waals surface area (Å²) in [4.78, 5) is 31.9. The molecule has 6 heteroatoms. The first-order valence-corrected chi connectivity index (χ1v) is 7.46. The second-order valence-corrected chi connectivity index (χ2v) is 5.86. The highest BCUT2D eigenvalue weighted by Crippen LogP contribution is 2.46. The Hall–Kier alpha value is -2.60. The monoisotopic (exact) mass is 312 g/mol. The van der Waals surface area contributed by atoms with Gasteiger partial charge in [-0.15, -0.1) is 0 Å². The van der Waals surface area contributed by atoms with E-state index in [1.54, 1.807) is 23.5 Å². The lowest BCUT2D eigenvalue weighted by atomic mass is 9.94. The fraction of sp³-hybridized carbons (Fsp3) is 0.294. The van der Waals surface area contributed by atoms with E-state index in [1.165, 1.54) is 7.05 Å².